The van der Waals surface area contributed by atoms with Gasteiger partial charge in [0, 0.05) is 23.2 Å². The number of halogens is 1. The third-order valence-corrected chi connectivity index (χ3v) is 4.38. The third-order valence-electron chi connectivity index (χ3n) is 3.33. The summed E-state index contributed by atoms with van der Waals surface area (Å²) in [6.45, 7) is 4.24. The quantitative estimate of drug-likeness (QED) is 0.930. The maximum Gasteiger partial charge on any atom is 0.241 e. The van der Waals surface area contributed by atoms with E-state index < -0.39 is 0 Å². The summed E-state index contributed by atoms with van der Waals surface area (Å²) in [4.78, 5) is 14.0. The number of hydrogen-bond acceptors (Lipinski definition) is 2. The standard InChI is InChI=1S/C14H19BrN2O/c1-11-6-5-7-12(14(11)15)16-10-13(18)17-8-3-2-4-9-17/h5-7,16H,2-4,8-10H2,1H3. The number of rotatable bonds is 3. The lowest BCUT2D eigenvalue weighted by Crippen LogP contribution is -2.39. The van der Waals surface area contributed by atoms with Crippen molar-refractivity contribution in [2.75, 3.05) is 25.0 Å². The number of carbonyl (C=O) groups excluding carboxylic acids is 1. The fourth-order valence-electron chi connectivity index (χ4n) is 2.21. The second-order valence-electron chi connectivity index (χ2n) is 4.73. The van der Waals surface area contributed by atoms with Crippen LogP contribution in [0.15, 0.2) is 22.7 Å². The number of likely N-dealkylation sites (tertiary alicyclic amines) is 1. The van der Waals surface area contributed by atoms with E-state index in [-0.39, 0.29) is 5.91 Å². The number of nitrogens with zero attached hydrogens (tertiary/aromatic N) is 1. The maximum absolute atomic E-state index is 12.0. The predicted octanol–water partition coefficient (Wildman–Crippen LogP) is 3.18. The molecule has 1 aromatic carbocycles. The summed E-state index contributed by atoms with van der Waals surface area (Å²) in [5, 5.41) is 3.21. The topological polar surface area (TPSA) is 32.3 Å². The van der Waals surface area contributed by atoms with Gasteiger partial charge in [-0.15, -0.1) is 0 Å². The van der Waals surface area contributed by atoms with Crippen molar-refractivity contribution in [3.63, 3.8) is 0 Å². The van der Waals surface area contributed by atoms with Crippen LogP contribution >= 0.6 is 15.9 Å². The Morgan fingerprint density at radius 2 is 2.06 bits per heavy atom. The van der Waals surface area contributed by atoms with Crippen molar-refractivity contribution < 1.29 is 4.79 Å². The molecule has 1 aliphatic rings. The molecule has 0 saturated carbocycles. The van der Waals surface area contributed by atoms with Crippen LogP contribution < -0.4 is 5.32 Å². The second kappa shape index (κ2) is 6.23. The molecule has 0 aliphatic carbocycles. The highest BCUT2D eigenvalue weighted by molar-refractivity contribution is 9.10. The lowest BCUT2D eigenvalue weighted by molar-refractivity contribution is -0.130. The van der Waals surface area contributed by atoms with Gasteiger partial charge in [0.2, 0.25) is 5.91 Å². The number of carbonyl (C=O) groups is 1. The van der Waals surface area contributed by atoms with E-state index in [0.29, 0.717) is 6.54 Å². The Bertz CT molecular complexity index is 428. The zero-order valence-electron chi connectivity index (χ0n) is 10.7. The van der Waals surface area contributed by atoms with Gasteiger partial charge in [0.1, 0.15) is 0 Å². The van der Waals surface area contributed by atoms with Crippen molar-refractivity contribution in [1.29, 1.82) is 0 Å². The van der Waals surface area contributed by atoms with Gasteiger partial charge in [-0.1, -0.05) is 12.1 Å². The van der Waals surface area contributed by atoms with E-state index in [1.807, 2.05) is 30.0 Å². The minimum absolute atomic E-state index is 0.197. The first-order valence-electron chi connectivity index (χ1n) is 6.45. The molecule has 1 heterocycles. The van der Waals surface area contributed by atoms with Crippen LogP contribution in [0.3, 0.4) is 0 Å². The molecule has 1 amide bonds. The highest BCUT2D eigenvalue weighted by Crippen LogP contribution is 2.25. The average molecular weight is 311 g/mol. The number of aryl methyl sites for hydroxylation is 1. The minimum Gasteiger partial charge on any atom is -0.375 e. The van der Waals surface area contributed by atoms with E-state index in [1.54, 1.807) is 0 Å². The minimum atomic E-state index is 0.197. The molecule has 1 N–H and O–H groups in total. The smallest absolute Gasteiger partial charge is 0.241 e. The van der Waals surface area contributed by atoms with Crippen LogP contribution in [0.5, 0.6) is 0 Å². The number of nitrogens with one attached hydrogen (secondary N) is 1. The fourth-order valence-corrected chi connectivity index (χ4v) is 2.61. The number of piperidine rings is 1. The Morgan fingerprint density at radius 3 is 2.78 bits per heavy atom. The molecule has 3 nitrogen and oxygen atoms in total. The molecule has 0 bridgehead atoms. The number of anilines is 1. The van der Waals surface area contributed by atoms with Gasteiger partial charge in [0.15, 0.2) is 0 Å². The zero-order valence-corrected chi connectivity index (χ0v) is 12.3. The number of benzene rings is 1. The van der Waals surface area contributed by atoms with Crippen LogP contribution in [0.4, 0.5) is 5.69 Å². The summed E-state index contributed by atoms with van der Waals surface area (Å²) >= 11 is 3.54. The van der Waals surface area contributed by atoms with Gasteiger partial charge in [-0.25, -0.2) is 0 Å². The number of hydrogen-bond donors (Lipinski definition) is 1. The van der Waals surface area contributed by atoms with E-state index in [1.165, 1.54) is 12.0 Å². The van der Waals surface area contributed by atoms with E-state index in [4.69, 9.17) is 0 Å². The maximum atomic E-state index is 12.0. The van der Waals surface area contributed by atoms with E-state index in [0.717, 1.165) is 36.1 Å². The fraction of sp³-hybridized carbons (Fsp3) is 0.500. The van der Waals surface area contributed by atoms with Crippen molar-refractivity contribution in [3.05, 3.63) is 28.2 Å². The van der Waals surface area contributed by atoms with Gasteiger partial charge < -0.3 is 10.2 Å². The number of amides is 1. The van der Waals surface area contributed by atoms with Gasteiger partial charge in [-0.2, -0.15) is 0 Å². The molecule has 18 heavy (non-hydrogen) atoms. The van der Waals surface area contributed by atoms with Crippen LogP contribution in [0.2, 0.25) is 0 Å². The second-order valence-corrected chi connectivity index (χ2v) is 5.52. The first-order valence-corrected chi connectivity index (χ1v) is 7.24. The Kier molecular flexibility index (Phi) is 4.64. The Hall–Kier alpha value is -1.03. The predicted molar refractivity (Wildman–Crippen MR) is 77.8 cm³/mol. The van der Waals surface area contributed by atoms with Crippen molar-refractivity contribution in [2.45, 2.75) is 26.2 Å². The normalized spacial score (nSPS) is 15.6. The molecule has 2 rings (SSSR count). The molecule has 1 fully saturated rings. The third kappa shape index (κ3) is 3.25. The molecule has 0 atom stereocenters. The summed E-state index contributed by atoms with van der Waals surface area (Å²) in [6, 6.07) is 6.02. The van der Waals surface area contributed by atoms with E-state index >= 15 is 0 Å². The van der Waals surface area contributed by atoms with Crippen molar-refractivity contribution in [1.82, 2.24) is 4.90 Å². The molecule has 0 radical (unpaired) electrons. The lowest BCUT2D eigenvalue weighted by Gasteiger charge is -2.27. The molecule has 1 aromatic rings. The summed E-state index contributed by atoms with van der Waals surface area (Å²) in [5.74, 6) is 0.197. The van der Waals surface area contributed by atoms with Crippen LogP contribution in [0, 0.1) is 6.92 Å². The average Bonchev–Trinajstić information content (AvgIpc) is 2.41. The summed E-state index contributed by atoms with van der Waals surface area (Å²) in [6.07, 6.45) is 3.53. The SMILES string of the molecule is Cc1cccc(NCC(=O)N2CCCCC2)c1Br. The highest BCUT2D eigenvalue weighted by atomic mass is 79.9. The molecule has 0 unspecified atom stereocenters. The highest BCUT2D eigenvalue weighted by Gasteiger charge is 2.16. The largest absolute Gasteiger partial charge is 0.375 e. The molecule has 98 valence electrons. The van der Waals surface area contributed by atoms with Crippen LogP contribution in [0.25, 0.3) is 0 Å². The van der Waals surface area contributed by atoms with Crippen LogP contribution in [-0.4, -0.2) is 30.4 Å². The Balaban J connectivity index is 1.90. The molecule has 0 aromatic heterocycles. The summed E-state index contributed by atoms with van der Waals surface area (Å²) < 4.78 is 1.04. The first-order chi connectivity index (χ1) is 8.68. The van der Waals surface area contributed by atoms with Crippen molar-refractivity contribution >= 4 is 27.5 Å². The van der Waals surface area contributed by atoms with Crippen molar-refractivity contribution in [2.24, 2.45) is 0 Å². The summed E-state index contributed by atoms with van der Waals surface area (Å²) in [5.41, 5.74) is 2.16. The monoisotopic (exact) mass is 310 g/mol. The van der Waals surface area contributed by atoms with Crippen molar-refractivity contribution in [3.8, 4) is 0 Å². The Morgan fingerprint density at radius 1 is 1.33 bits per heavy atom. The van der Waals surface area contributed by atoms with E-state index in [9.17, 15) is 4.79 Å². The summed E-state index contributed by atoms with van der Waals surface area (Å²) in [7, 11) is 0. The molecular formula is C14H19BrN2O. The van der Waals surface area contributed by atoms with Crippen LogP contribution in [0.1, 0.15) is 24.8 Å². The lowest BCUT2D eigenvalue weighted by atomic mass is 10.1. The van der Waals surface area contributed by atoms with Gasteiger partial charge in [-0.05, 0) is 53.7 Å². The van der Waals surface area contributed by atoms with E-state index in [2.05, 4.69) is 21.2 Å². The van der Waals surface area contributed by atoms with Gasteiger partial charge in [0.05, 0.1) is 6.54 Å². The van der Waals surface area contributed by atoms with Crippen LogP contribution in [-0.2, 0) is 4.79 Å². The van der Waals surface area contributed by atoms with Gasteiger partial charge in [-0.3, -0.25) is 4.79 Å². The Labute approximate surface area is 117 Å². The van der Waals surface area contributed by atoms with Gasteiger partial charge in [0.25, 0.3) is 0 Å². The molecule has 1 saturated heterocycles. The zero-order chi connectivity index (χ0) is 13.0. The molecule has 4 heteroatoms. The molecular weight excluding hydrogens is 292 g/mol. The first kappa shape index (κ1) is 13.4. The molecule has 1 aliphatic heterocycles. The van der Waals surface area contributed by atoms with Gasteiger partial charge >= 0.3 is 0 Å². The molecule has 0 spiro atoms.